The van der Waals surface area contributed by atoms with Gasteiger partial charge in [-0.25, -0.2) is 4.79 Å². The molecule has 0 saturated carbocycles. The van der Waals surface area contributed by atoms with E-state index in [1.807, 2.05) is 97.6 Å². The zero-order valence-electron chi connectivity index (χ0n) is 33.1. The number of carboxylic acid groups (broad SMARTS) is 1. The summed E-state index contributed by atoms with van der Waals surface area (Å²) in [5.41, 5.74) is 3.80. The number of ether oxygens (including phenoxy) is 1. The highest BCUT2D eigenvalue weighted by Crippen LogP contribution is 2.39. The van der Waals surface area contributed by atoms with Crippen molar-refractivity contribution in [3.05, 3.63) is 141 Å². The van der Waals surface area contributed by atoms with E-state index in [0.29, 0.717) is 53.2 Å². The molecule has 5 aromatic rings. The third-order valence-electron chi connectivity index (χ3n) is 11.6. The summed E-state index contributed by atoms with van der Waals surface area (Å²) in [5.74, 6) is 0.848. The molecule has 304 valence electrons. The molecule has 12 nitrogen and oxygen atoms in total. The van der Waals surface area contributed by atoms with E-state index in [4.69, 9.17) is 4.74 Å². The van der Waals surface area contributed by atoms with Gasteiger partial charge in [0.15, 0.2) is 0 Å². The molecule has 0 aliphatic carbocycles. The zero-order chi connectivity index (χ0) is 40.8. The van der Waals surface area contributed by atoms with Crippen molar-refractivity contribution in [1.29, 1.82) is 0 Å². The normalized spacial score (nSPS) is 18.5. The Labute approximate surface area is 338 Å². The summed E-state index contributed by atoms with van der Waals surface area (Å²) in [4.78, 5) is 46.9. The van der Waals surface area contributed by atoms with Gasteiger partial charge >= 0.3 is 6.09 Å². The number of H-pyrrole nitrogens is 1. The summed E-state index contributed by atoms with van der Waals surface area (Å²) < 4.78 is 6.27. The molecule has 3 saturated heterocycles. The van der Waals surface area contributed by atoms with Gasteiger partial charge in [0.25, 0.3) is 5.91 Å². The van der Waals surface area contributed by atoms with Crippen molar-refractivity contribution >= 4 is 22.9 Å². The minimum atomic E-state index is -0.918. The van der Waals surface area contributed by atoms with E-state index in [0.717, 1.165) is 49.2 Å². The van der Waals surface area contributed by atoms with Crippen LogP contribution in [0, 0.1) is 5.92 Å². The molecule has 2 amide bonds. The lowest BCUT2D eigenvalue weighted by Crippen LogP contribution is -2.59. The smallest absolute Gasteiger partial charge is 0.408 e. The molecular weight excluding hydrogens is 735 g/mol. The Hall–Kier alpha value is -5.69. The first-order valence-corrected chi connectivity index (χ1v) is 20.2. The lowest BCUT2D eigenvalue weighted by molar-refractivity contribution is -0.000814. The minimum absolute atomic E-state index is 0.0265. The Balaban J connectivity index is 0.948. The van der Waals surface area contributed by atoms with Crippen LogP contribution in [0.4, 0.5) is 4.79 Å². The number of hydrogen-bond acceptors (Lipinski definition) is 8. The Morgan fingerprint density at radius 3 is 2.36 bits per heavy atom. The number of aliphatic hydroxyl groups is 1. The molecule has 4 heterocycles. The van der Waals surface area contributed by atoms with Crippen LogP contribution < -0.4 is 15.6 Å². The Bertz CT molecular complexity index is 2240. The van der Waals surface area contributed by atoms with Crippen molar-refractivity contribution in [2.75, 3.05) is 39.3 Å². The Morgan fingerprint density at radius 1 is 0.931 bits per heavy atom. The van der Waals surface area contributed by atoms with E-state index in [2.05, 4.69) is 15.2 Å². The maximum absolute atomic E-state index is 13.6. The number of aliphatic hydroxyl groups excluding tert-OH is 1. The summed E-state index contributed by atoms with van der Waals surface area (Å²) in [6.45, 7) is 8.40. The molecule has 1 aromatic heterocycles. The van der Waals surface area contributed by atoms with Gasteiger partial charge in [0.1, 0.15) is 18.1 Å². The van der Waals surface area contributed by atoms with Gasteiger partial charge in [-0.1, -0.05) is 60.7 Å². The van der Waals surface area contributed by atoms with Crippen LogP contribution >= 0.6 is 0 Å². The summed E-state index contributed by atoms with van der Waals surface area (Å²) in [6, 6.07) is 30.5. The lowest BCUT2D eigenvalue weighted by atomic mass is 9.81. The summed E-state index contributed by atoms with van der Waals surface area (Å²) in [5, 5.41) is 35.6. The van der Waals surface area contributed by atoms with Gasteiger partial charge in [0.05, 0.1) is 23.7 Å². The number of phenolic OH excluding ortho intramolecular Hbond substituents is 1. The first-order valence-electron chi connectivity index (χ1n) is 20.2. The number of hydrogen-bond donors (Lipinski definition) is 5. The van der Waals surface area contributed by atoms with Crippen LogP contribution in [0.3, 0.4) is 0 Å². The number of carbonyl (C=O) groups is 2. The largest absolute Gasteiger partial charge is 0.506 e. The predicted molar refractivity (Wildman–Crippen MR) is 223 cm³/mol. The average molecular weight is 788 g/mol. The van der Waals surface area contributed by atoms with Crippen molar-refractivity contribution in [3.8, 4) is 11.5 Å². The highest BCUT2D eigenvalue weighted by molar-refractivity contribution is 5.94. The number of aromatic amines is 1. The van der Waals surface area contributed by atoms with Crippen LogP contribution in [-0.4, -0.2) is 98.4 Å². The standard InChI is InChI=1S/C46H53N5O7/c1-30(2)50(23-7-22-47-27-41(53)37-16-18-40(52)43-38(37)17-19-42(54)48-43)45(55)34-14-12-31(13-15-34)29-58-36-11-6-10-35(26-36)44(33-8-4-3-5-9-33)51(46(56)57)39-28-49-24-20-32(39)21-25-49/h3-6,8-19,26,30,32,39,41,44,47,52-53H,7,20-25,27-29H2,1-2H3,(H,48,54)(H,56,57)/t39?,41-,44+/m0/s1. The van der Waals surface area contributed by atoms with Gasteiger partial charge < -0.3 is 40.2 Å². The van der Waals surface area contributed by atoms with Crippen LogP contribution in [0.15, 0.2) is 108 Å². The fourth-order valence-electron chi connectivity index (χ4n) is 8.56. The van der Waals surface area contributed by atoms with Gasteiger partial charge in [-0.05, 0) is 117 Å². The number of rotatable bonds is 16. The highest BCUT2D eigenvalue weighted by Gasteiger charge is 2.43. The second kappa shape index (κ2) is 18.3. The monoisotopic (exact) mass is 787 g/mol. The molecule has 0 spiro atoms. The van der Waals surface area contributed by atoms with E-state index < -0.39 is 18.2 Å². The van der Waals surface area contributed by atoms with Crippen LogP contribution in [0.2, 0.25) is 0 Å². The van der Waals surface area contributed by atoms with E-state index in [1.165, 1.54) is 12.1 Å². The first kappa shape index (κ1) is 40.5. The SMILES string of the molecule is CC(C)N(CCCNC[C@H](O)c1ccc(O)c2[nH]c(=O)ccc12)C(=O)c1ccc(COc2cccc([C@@H](c3ccccc3)N(C(=O)O)C3CN4CCC3CC4)c2)cc1. The maximum atomic E-state index is 13.6. The van der Waals surface area contributed by atoms with Gasteiger partial charge in [-0.3, -0.25) is 14.5 Å². The molecule has 2 bridgehead atoms. The molecule has 3 fully saturated rings. The quantitative estimate of drug-likeness (QED) is 0.0701. The molecule has 3 atom stereocenters. The fraction of sp³-hybridized carbons (Fsp3) is 0.370. The van der Waals surface area contributed by atoms with E-state index in [1.54, 1.807) is 17.0 Å². The Kier molecular flexibility index (Phi) is 12.8. The predicted octanol–water partition coefficient (Wildman–Crippen LogP) is 6.54. The Morgan fingerprint density at radius 2 is 1.67 bits per heavy atom. The second-order valence-corrected chi connectivity index (χ2v) is 15.7. The summed E-state index contributed by atoms with van der Waals surface area (Å²) >= 11 is 0. The van der Waals surface area contributed by atoms with E-state index >= 15 is 0 Å². The number of nitrogens with zero attached hydrogens (tertiary/aromatic N) is 3. The number of carbonyl (C=O) groups excluding carboxylic acids is 1. The number of pyridine rings is 1. The lowest BCUT2D eigenvalue weighted by Gasteiger charge is -2.50. The van der Waals surface area contributed by atoms with Gasteiger partial charge in [0.2, 0.25) is 5.56 Å². The number of piperidine rings is 3. The molecule has 0 radical (unpaired) electrons. The topological polar surface area (TPSA) is 159 Å². The van der Waals surface area contributed by atoms with Crippen LogP contribution in [0.5, 0.6) is 11.5 Å². The first-order chi connectivity index (χ1) is 28.1. The number of phenols is 1. The van der Waals surface area contributed by atoms with Crippen molar-refractivity contribution in [2.24, 2.45) is 5.92 Å². The number of benzene rings is 4. The maximum Gasteiger partial charge on any atom is 0.408 e. The van der Waals surface area contributed by atoms with Gasteiger partial charge in [-0.15, -0.1) is 0 Å². The molecule has 4 aromatic carbocycles. The highest BCUT2D eigenvalue weighted by atomic mass is 16.5. The number of nitrogens with one attached hydrogen (secondary N) is 2. The number of aromatic nitrogens is 1. The van der Waals surface area contributed by atoms with Crippen molar-refractivity contribution in [1.82, 2.24) is 25.0 Å². The number of amides is 2. The molecule has 3 aliphatic heterocycles. The van der Waals surface area contributed by atoms with Gasteiger partial charge in [0, 0.05) is 42.7 Å². The average Bonchev–Trinajstić information content (AvgIpc) is 3.24. The fourth-order valence-corrected chi connectivity index (χ4v) is 8.56. The minimum Gasteiger partial charge on any atom is -0.506 e. The second-order valence-electron chi connectivity index (χ2n) is 15.7. The number of fused-ring (bicyclic) bond motifs is 4. The van der Waals surface area contributed by atoms with Crippen molar-refractivity contribution in [2.45, 2.75) is 63.9 Å². The van der Waals surface area contributed by atoms with Crippen molar-refractivity contribution in [3.63, 3.8) is 0 Å². The third kappa shape index (κ3) is 9.20. The summed E-state index contributed by atoms with van der Waals surface area (Å²) in [7, 11) is 0. The molecule has 12 heteroatoms. The molecule has 1 unspecified atom stereocenters. The van der Waals surface area contributed by atoms with Gasteiger partial charge in [-0.2, -0.15) is 0 Å². The third-order valence-corrected chi connectivity index (χ3v) is 11.6. The number of aromatic hydroxyl groups is 1. The van der Waals surface area contributed by atoms with Crippen LogP contribution in [0.1, 0.15) is 77.9 Å². The van der Waals surface area contributed by atoms with Crippen molar-refractivity contribution < 1.29 is 29.6 Å². The molecule has 8 rings (SSSR count). The van der Waals surface area contributed by atoms with Crippen LogP contribution in [0.25, 0.3) is 10.9 Å². The molecular formula is C46H53N5O7. The zero-order valence-corrected chi connectivity index (χ0v) is 33.1. The molecule has 5 N–H and O–H groups in total. The molecule has 3 aliphatic rings. The van der Waals surface area contributed by atoms with Crippen LogP contribution in [-0.2, 0) is 6.61 Å². The van der Waals surface area contributed by atoms with E-state index in [-0.39, 0.29) is 42.5 Å². The summed E-state index contributed by atoms with van der Waals surface area (Å²) in [6.07, 6.45) is 0.906. The molecule has 58 heavy (non-hydrogen) atoms. The van der Waals surface area contributed by atoms with E-state index in [9.17, 15) is 29.7 Å².